The number of fused-ring (bicyclic) bond motifs is 2. The van der Waals surface area contributed by atoms with Gasteiger partial charge in [-0.05, 0) is 47.7 Å². The first-order valence-electron chi connectivity index (χ1n) is 10.8. The normalized spacial score (nSPS) is 15.9. The fraction of sp³-hybridized carbons (Fsp3) is 0.417. The summed E-state index contributed by atoms with van der Waals surface area (Å²) in [6.45, 7) is 3.35. The standard InChI is InChI=1S/C24H24F3N3O4S/c1-22(2,18-10-17(35(3,32)33)8-14-6-7-34-21(14)18)13-23(31,24(25,26)27)11-16-9-20-19(30-16)5-4-15(12-28)29-20/h4-5,8-10,30-31H,6-7,11,13H2,1-3H3. The van der Waals surface area contributed by atoms with Crippen molar-refractivity contribution in [3.05, 3.63) is 52.8 Å². The van der Waals surface area contributed by atoms with Gasteiger partial charge >= 0.3 is 6.18 Å². The highest BCUT2D eigenvalue weighted by Gasteiger charge is 2.56. The molecular formula is C24H24F3N3O4S. The highest BCUT2D eigenvalue weighted by molar-refractivity contribution is 7.90. The largest absolute Gasteiger partial charge is 0.493 e. The number of aromatic amines is 1. The Balaban J connectivity index is 1.75. The molecular weight excluding hydrogens is 483 g/mol. The molecule has 7 nitrogen and oxygen atoms in total. The third-order valence-corrected chi connectivity index (χ3v) is 7.40. The van der Waals surface area contributed by atoms with Gasteiger partial charge in [-0.2, -0.15) is 18.4 Å². The van der Waals surface area contributed by atoms with E-state index >= 15 is 0 Å². The van der Waals surface area contributed by atoms with Gasteiger partial charge < -0.3 is 14.8 Å². The van der Waals surface area contributed by atoms with Crippen LogP contribution in [0, 0.1) is 11.3 Å². The van der Waals surface area contributed by atoms with E-state index in [4.69, 9.17) is 10.00 Å². The van der Waals surface area contributed by atoms with Gasteiger partial charge in [0.05, 0.1) is 22.5 Å². The van der Waals surface area contributed by atoms with E-state index in [9.17, 15) is 26.7 Å². The Bertz CT molecular complexity index is 1460. The zero-order valence-electron chi connectivity index (χ0n) is 19.3. The van der Waals surface area contributed by atoms with Crippen molar-refractivity contribution in [1.29, 1.82) is 5.26 Å². The van der Waals surface area contributed by atoms with E-state index in [2.05, 4.69) is 9.97 Å². The van der Waals surface area contributed by atoms with Crippen molar-refractivity contribution in [2.45, 2.75) is 55.2 Å². The minimum absolute atomic E-state index is 0.00429. The summed E-state index contributed by atoms with van der Waals surface area (Å²) in [6, 6.07) is 9.06. The van der Waals surface area contributed by atoms with E-state index in [1.54, 1.807) is 0 Å². The van der Waals surface area contributed by atoms with Crippen LogP contribution in [0.3, 0.4) is 0 Å². The van der Waals surface area contributed by atoms with E-state index in [0.717, 1.165) is 6.26 Å². The molecule has 1 atom stereocenters. The Hall–Kier alpha value is -3.10. The van der Waals surface area contributed by atoms with Crippen LogP contribution in [-0.2, 0) is 28.1 Å². The summed E-state index contributed by atoms with van der Waals surface area (Å²) in [5, 5.41) is 20.0. The topological polar surface area (TPSA) is 116 Å². The lowest BCUT2D eigenvalue weighted by Crippen LogP contribution is -2.51. The molecule has 0 fully saturated rings. The predicted molar refractivity (Wildman–Crippen MR) is 122 cm³/mol. The second-order valence-electron chi connectivity index (χ2n) is 9.63. The molecule has 0 saturated carbocycles. The quantitative estimate of drug-likeness (QED) is 0.522. The van der Waals surface area contributed by atoms with E-state index in [0.29, 0.717) is 40.9 Å². The summed E-state index contributed by atoms with van der Waals surface area (Å²) in [7, 11) is -3.62. The number of alkyl halides is 3. The Kier molecular flexibility index (Phi) is 5.89. The van der Waals surface area contributed by atoms with Crippen molar-refractivity contribution in [2.75, 3.05) is 12.9 Å². The SMILES string of the molecule is CC(C)(CC(O)(Cc1cc2nc(C#N)ccc2[nH]1)C(F)(F)F)c1cc(S(C)(=O)=O)cc2c1OCC2. The van der Waals surface area contributed by atoms with Crippen LogP contribution in [0.1, 0.15) is 42.8 Å². The van der Waals surface area contributed by atoms with Crippen molar-refractivity contribution >= 4 is 20.9 Å². The van der Waals surface area contributed by atoms with Crippen molar-refractivity contribution in [3.8, 4) is 11.8 Å². The lowest BCUT2D eigenvalue weighted by molar-refractivity contribution is -0.266. The number of rotatable bonds is 6. The summed E-state index contributed by atoms with van der Waals surface area (Å²) in [5.41, 5.74) is -2.57. The molecule has 0 spiro atoms. The molecule has 2 N–H and O–H groups in total. The number of aliphatic hydroxyl groups is 1. The van der Waals surface area contributed by atoms with E-state index in [1.165, 1.54) is 44.2 Å². The van der Waals surface area contributed by atoms with Crippen LogP contribution in [0.4, 0.5) is 13.2 Å². The van der Waals surface area contributed by atoms with Crippen LogP contribution < -0.4 is 4.74 Å². The number of benzene rings is 1. The molecule has 1 aromatic carbocycles. The first kappa shape index (κ1) is 25.0. The number of sulfone groups is 1. The molecule has 1 aliphatic heterocycles. The third-order valence-electron chi connectivity index (χ3n) is 6.30. The van der Waals surface area contributed by atoms with Gasteiger partial charge in [-0.1, -0.05) is 13.8 Å². The molecule has 3 aromatic rings. The number of nitriles is 1. The molecule has 0 bridgehead atoms. The number of aromatic nitrogens is 2. The molecule has 11 heteroatoms. The van der Waals surface area contributed by atoms with Crippen molar-refractivity contribution in [1.82, 2.24) is 9.97 Å². The summed E-state index contributed by atoms with van der Waals surface area (Å²) in [4.78, 5) is 6.90. The summed E-state index contributed by atoms with van der Waals surface area (Å²) < 4.78 is 73.0. The first-order chi connectivity index (χ1) is 16.1. The maximum atomic E-state index is 14.3. The molecule has 0 amide bonds. The van der Waals surface area contributed by atoms with Crippen LogP contribution >= 0.6 is 0 Å². The summed E-state index contributed by atoms with van der Waals surface area (Å²) in [5.74, 6) is 0.366. The first-order valence-corrected chi connectivity index (χ1v) is 12.7. The molecule has 186 valence electrons. The zero-order chi connectivity index (χ0) is 25.8. The minimum Gasteiger partial charge on any atom is -0.493 e. The van der Waals surface area contributed by atoms with Crippen LogP contribution in [0.2, 0.25) is 0 Å². The Morgan fingerprint density at radius 3 is 2.57 bits per heavy atom. The molecule has 0 radical (unpaired) electrons. The number of H-pyrrole nitrogens is 1. The second-order valence-corrected chi connectivity index (χ2v) is 11.6. The maximum absolute atomic E-state index is 14.3. The molecule has 1 unspecified atom stereocenters. The number of nitrogens with zero attached hydrogens (tertiary/aromatic N) is 2. The number of nitrogens with one attached hydrogen (secondary N) is 1. The summed E-state index contributed by atoms with van der Waals surface area (Å²) >= 11 is 0. The predicted octanol–water partition coefficient (Wildman–Crippen LogP) is 3.98. The van der Waals surface area contributed by atoms with Gasteiger partial charge in [-0.25, -0.2) is 13.4 Å². The fourth-order valence-electron chi connectivity index (χ4n) is 4.62. The molecule has 0 aliphatic carbocycles. The Morgan fingerprint density at radius 1 is 1.23 bits per heavy atom. The molecule has 1 aliphatic rings. The fourth-order valence-corrected chi connectivity index (χ4v) is 5.31. The van der Waals surface area contributed by atoms with Crippen LogP contribution in [-0.4, -0.2) is 48.1 Å². The second kappa shape index (κ2) is 8.24. The highest BCUT2D eigenvalue weighted by atomic mass is 32.2. The van der Waals surface area contributed by atoms with Gasteiger partial charge in [-0.3, -0.25) is 0 Å². The van der Waals surface area contributed by atoms with E-state index in [-0.39, 0.29) is 16.3 Å². The zero-order valence-corrected chi connectivity index (χ0v) is 20.1. The Labute approximate surface area is 200 Å². The van der Waals surface area contributed by atoms with Crippen LogP contribution in [0.15, 0.2) is 35.2 Å². The monoisotopic (exact) mass is 507 g/mol. The van der Waals surface area contributed by atoms with Gasteiger partial charge in [0.1, 0.15) is 17.5 Å². The lowest BCUT2D eigenvalue weighted by Gasteiger charge is -2.38. The number of pyridine rings is 1. The molecule has 0 saturated heterocycles. The number of ether oxygens (including phenoxy) is 1. The van der Waals surface area contributed by atoms with Crippen molar-refractivity contribution in [2.24, 2.45) is 0 Å². The Morgan fingerprint density at radius 2 is 1.94 bits per heavy atom. The molecule has 4 rings (SSSR count). The average molecular weight is 508 g/mol. The van der Waals surface area contributed by atoms with Crippen molar-refractivity contribution in [3.63, 3.8) is 0 Å². The van der Waals surface area contributed by atoms with Gasteiger partial charge in [-0.15, -0.1) is 0 Å². The van der Waals surface area contributed by atoms with Gasteiger partial charge in [0.2, 0.25) is 0 Å². The van der Waals surface area contributed by atoms with Gasteiger partial charge in [0.15, 0.2) is 15.4 Å². The number of hydrogen-bond donors (Lipinski definition) is 2. The third kappa shape index (κ3) is 4.73. The van der Waals surface area contributed by atoms with Crippen LogP contribution in [0.25, 0.3) is 11.0 Å². The molecule has 35 heavy (non-hydrogen) atoms. The van der Waals surface area contributed by atoms with E-state index in [1.807, 2.05) is 6.07 Å². The summed E-state index contributed by atoms with van der Waals surface area (Å²) in [6.07, 6.45) is -5.05. The molecule has 3 heterocycles. The van der Waals surface area contributed by atoms with Gasteiger partial charge in [0, 0.05) is 30.4 Å². The maximum Gasteiger partial charge on any atom is 0.417 e. The van der Waals surface area contributed by atoms with E-state index < -0.39 is 39.9 Å². The lowest BCUT2D eigenvalue weighted by atomic mass is 9.73. The average Bonchev–Trinajstić information content (AvgIpc) is 3.36. The van der Waals surface area contributed by atoms with Crippen molar-refractivity contribution < 1.29 is 31.4 Å². The van der Waals surface area contributed by atoms with Gasteiger partial charge in [0.25, 0.3) is 0 Å². The minimum atomic E-state index is -4.99. The number of halogens is 3. The molecule has 2 aromatic heterocycles. The smallest absolute Gasteiger partial charge is 0.417 e. The highest BCUT2D eigenvalue weighted by Crippen LogP contribution is 2.47. The van der Waals surface area contributed by atoms with Crippen LogP contribution in [0.5, 0.6) is 5.75 Å². The number of hydrogen-bond acceptors (Lipinski definition) is 6.